The van der Waals surface area contributed by atoms with Gasteiger partial charge in [0.2, 0.25) is 5.69 Å². The van der Waals surface area contributed by atoms with Crippen molar-refractivity contribution in [2.45, 2.75) is 34.2 Å². The van der Waals surface area contributed by atoms with Crippen molar-refractivity contribution >= 4 is 12.0 Å². The van der Waals surface area contributed by atoms with Crippen LogP contribution in [0, 0.1) is 5.41 Å². The molecular formula is C18H23I2N3O3. The number of carbonyl (C=O) groups is 1. The van der Waals surface area contributed by atoms with Gasteiger partial charge in [0.15, 0.2) is 24.4 Å². The monoisotopic (exact) mass is 583 g/mol. The zero-order chi connectivity index (χ0) is 17.6. The molecule has 0 amide bonds. The van der Waals surface area contributed by atoms with E-state index in [4.69, 9.17) is 9.94 Å². The molecule has 0 atom stereocenters. The lowest BCUT2D eigenvalue weighted by Crippen LogP contribution is -3.00. The number of hydrogen-bond donors (Lipinski definition) is 1. The lowest BCUT2D eigenvalue weighted by Gasteiger charge is -2.15. The molecule has 0 bridgehead atoms. The van der Waals surface area contributed by atoms with Gasteiger partial charge in [0, 0.05) is 35.2 Å². The molecule has 0 saturated heterocycles. The fourth-order valence-corrected chi connectivity index (χ4v) is 2.16. The normalized spacial score (nSPS) is 10.9. The fraction of sp³-hybridized carbons (Fsp3) is 0.333. The molecule has 142 valence electrons. The van der Waals surface area contributed by atoms with E-state index in [0.717, 1.165) is 5.69 Å². The van der Waals surface area contributed by atoms with E-state index in [9.17, 15) is 4.79 Å². The van der Waals surface area contributed by atoms with Crippen LogP contribution in [0.25, 0.3) is 0 Å². The van der Waals surface area contributed by atoms with Gasteiger partial charge >= 0.3 is 0 Å². The third-order valence-corrected chi connectivity index (χ3v) is 3.47. The zero-order valence-corrected chi connectivity index (χ0v) is 19.3. The number of hydrogen-bond acceptors (Lipinski definition) is 4. The minimum Gasteiger partial charge on any atom is -1.00 e. The van der Waals surface area contributed by atoms with Gasteiger partial charge in [-0.2, -0.15) is 9.13 Å². The number of aromatic nitrogens is 2. The van der Waals surface area contributed by atoms with Crippen molar-refractivity contribution in [3.63, 3.8) is 0 Å². The summed E-state index contributed by atoms with van der Waals surface area (Å²) in [7, 11) is 0. The summed E-state index contributed by atoms with van der Waals surface area (Å²) in [5.74, 6) is 0.114. The average Bonchev–Trinajstić information content (AvgIpc) is 2.56. The number of halogens is 2. The largest absolute Gasteiger partial charge is 1.00 e. The number of ketones is 1. The van der Waals surface area contributed by atoms with Gasteiger partial charge in [0.1, 0.15) is 6.21 Å². The first kappa shape index (κ1) is 24.9. The van der Waals surface area contributed by atoms with E-state index in [2.05, 4.69) is 5.16 Å². The molecule has 0 spiro atoms. The Morgan fingerprint density at radius 1 is 1.12 bits per heavy atom. The Morgan fingerprint density at radius 3 is 2.35 bits per heavy atom. The molecule has 0 fully saturated rings. The molecule has 0 unspecified atom stereocenters. The average molecular weight is 583 g/mol. The highest BCUT2D eigenvalue weighted by atomic mass is 127. The Hall–Kier alpha value is -1.14. The molecule has 2 rings (SSSR count). The fourth-order valence-electron chi connectivity index (χ4n) is 2.16. The summed E-state index contributed by atoms with van der Waals surface area (Å²) >= 11 is 0. The predicted octanol–water partition coefficient (Wildman–Crippen LogP) is -4.06. The summed E-state index contributed by atoms with van der Waals surface area (Å²) in [4.78, 5) is 12.2. The maximum Gasteiger partial charge on any atom is 0.258 e. The molecule has 0 aliphatic heterocycles. The lowest BCUT2D eigenvalue weighted by molar-refractivity contribution is -0.788. The minimum absolute atomic E-state index is 0. The molecule has 8 heteroatoms. The standard InChI is InChI=1S/C18H22N3O3.2HI/c1-18(2,3)17(22)15-7-10-20(11-8-15)13-24-14-21-9-5-4-6-16(21)12-19-23;;/h4-12H,13-14H2,1-3H3;2*1H/q+1;;/p-1. The maximum atomic E-state index is 12.2. The highest BCUT2D eigenvalue weighted by molar-refractivity contribution is 5.99. The van der Waals surface area contributed by atoms with Gasteiger partial charge in [-0.25, -0.2) is 0 Å². The molecule has 0 saturated carbocycles. The smallest absolute Gasteiger partial charge is 0.258 e. The first-order valence-electron chi connectivity index (χ1n) is 7.69. The second-order valence-electron chi connectivity index (χ2n) is 6.48. The summed E-state index contributed by atoms with van der Waals surface area (Å²) in [5, 5.41) is 11.7. The van der Waals surface area contributed by atoms with Gasteiger partial charge in [-0.1, -0.05) is 25.9 Å². The Balaban J connectivity index is 0.00000312. The number of Topliss-reactive ketones (excluding diaryl/α,β-unsaturated/α-hetero) is 1. The van der Waals surface area contributed by atoms with E-state index in [0.29, 0.717) is 19.0 Å². The van der Waals surface area contributed by atoms with Crippen LogP contribution in [0.5, 0.6) is 0 Å². The quantitative estimate of drug-likeness (QED) is 0.0942. The highest BCUT2D eigenvalue weighted by Gasteiger charge is 2.23. The number of oxime groups is 1. The van der Waals surface area contributed by atoms with Crippen LogP contribution in [-0.2, 0) is 18.2 Å². The van der Waals surface area contributed by atoms with Gasteiger partial charge < -0.3 is 53.2 Å². The van der Waals surface area contributed by atoms with Crippen LogP contribution in [0.15, 0.2) is 54.1 Å². The maximum absolute atomic E-state index is 12.2. The Kier molecular flexibility index (Phi) is 11.0. The molecular weight excluding hydrogens is 560 g/mol. The molecule has 0 radical (unpaired) electrons. The third-order valence-electron chi connectivity index (χ3n) is 3.47. The molecule has 0 aromatic carbocycles. The van der Waals surface area contributed by atoms with Crippen molar-refractivity contribution in [3.8, 4) is 0 Å². The summed E-state index contributed by atoms with van der Waals surface area (Å²) in [5.41, 5.74) is 1.03. The van der Waals surface area contributed by atoms with Crippen molar-refractivity contribution in [1.82, 2.24) is 0 Å². The number of ether oxygens (including phenoxy) is 1. The summed E-state index contributed by atoms with van der Waals surface area (Å²) in [6.07, 6.45) is 6.84. The molecule has 26 heavy (non-hydrogen) atoms. The summed E-state index contributed by atoms with van der Waals surface area (Å²) in [6, 6.07) is 9.15. The van der Waals surface area contributed by atoms with Crippen molar-refractivity contribution in [3.05, 3.63) is 60.2 Å². The van der Waals surface area contributed by atoms with Crippen LogP contribution in [0.1, 0.15) is 36.8 Å². The Bertz CT molecular complexity index is 729. The predicted molar refractivity (Wildman–Crippen MR) is 87.5 cm³/mol. The molecule has 2 aromatic heterocycles. The molecule has 2 aromatic rings. The number of rotatable bonds is 6. The molecule has 0 aliphatic rings. The van der Waals surface area contributed by atoms with E-state index in [-0.39, 0.29) is 53.7 Å². The van der Waals surface area contributed by atoms with Gasteiger partial charge in [-0.15, -0.1) is 0 Å². The second-order valence-corrected chi connectivity index (χ2v) is 6.48. The van der Waals surface area contributed by atoms with Crippen molar-refractivity contribution in [1.29, 1.82) is 0 Å². The number of pyridine rings is 2. The summed E-state index contributed by atoms with van der Waals surface area (Å²) in [6.45, 7) is 6.39. The SMILES string of the molecule is CC(C)(C)C(=O)c1cc[n+](COC[n+]2ccccc2C=NO)cc1.[I-].[I-]. The third kappa shape index (κ3) is 7.23. The van der Waals surface area contributed by atoms with Crippen LogP contribution < -0.4 is 57.1 Å². The highest BCUT2D eigenvalue weighted by Crippen LogP contribution is 2.19. The second kappa shape index (κ2) is 11.5. The Labute approximate surface area is 187 Å². The van der Waals surface area contributed by atoms with E-state index in [1.165, 1.54) is 6.21 Å². The van der Waals surface area contributed by atoms with Gasteiger partial charge in [0.25, 0.3) is 13.5 Å². The van der Waals surface area contributed by atoms with E-state index >= 15 is 0 Å². The van der Waals surface area contributed by atoms with E-state index in [1.54, 1.807) is 12.1 Å². The van der Waals surface area contributed by atoms with Crippen molar-refractivity contribution < 1.29 is 71.8 Å². The van der Waals surface area contributed by atoms with Crippen LogP contribution in [0.3, 0.4) is 0 Å². The van der Waals surface area contributed by atoms with Crippen molar-refractivity contribution in [2.75, 3.05) is 0 Å². The van der Waals surface area contributed by atoms with Crippen LogP contribution in [-0.4, -0.2) is 17.2 Å². The molecule has 6 nitrogen and oxygen atoms in total. The Morgan fingerprint density at radius 2 is 1.77 bits per heavy atom. The minimum atomic E-state index is -0.392. The number of nitrogens with zero attached hydrogens (tertiary/aromatic N) is 3. The van der Waals surface area contributed by atoms with Gasteiger partial charge in [-0.3, -0.25) is 9.53 Å². The zero-order valence-electron chi connectivity index (χ0n) is 15.0. The molecule has 0 aliphatic carbocycles. The van der Waals surface area contributed by atoms with E-state index < -0.39 is 5.41 Å². The van der Waals surface area contributed by atoms with Gasteiger partial charge in [-0.05, 0) is 6.07 Å². The van der Waals surface area contributed by atoms with E-state index in [1.807, 2.05) is 66.7 Å². The first-order valence-corrected chi connectivity index (χ1v) is 7.69. The van der Waals surface area contributed by atoms with Gasteiger partial charge in [0.05, 0.1) is 0 Å². The summed E-state index contributed by atoms with van der Waals surface area (Å²) < 4.78 is 9.33. The first-order chi connectivity index (χ1) is 11.4. The number of carbonyl (C=O) groups excluding carboxylic acids is 1. The molecule has 1 N–H and O–H groups in total. The lowest BCUT2D eigenvalue weighted by atomic mass is 9.87. The molecule has 2 heterocycles. The van der Waals surface area contributed by atoms with Crippen LogP contribution in [0.2, 0.25) is 0 Å². The van der Waals surface area contributed by atoms with Crippen LogP contribution >= 0.6 is 0 Å². The van der Waals surface area contributed by atoms with Crippen molar-refractivity contribution in [2.24, 2.45) is 10.6 Å². The topological polar surface area (TPSA) is 66.7 Å². The van der Waals surface area contributed by atoms with Crippen LogP contribution in [0.4, 0.5) is 0 Å².